The Kier molecular flexibility index (Phi) is 4.82. The van der Waals surface area contributed by atoms with Crippen LogP contribution in [0.5, 0.6) is 0 Å². The molecular weight excluding hydrogens is 315 g/mol. The first-order chi connectivity index (χ1) is 10.3. The number of amides is 1. The molecular formula is C14H14F3N3OS. The minimum absolute atomic E-state index is 0.0260. The molecule has 2 aromatic rings. The Hall–Kier alpha value is -1.93. The number of carbonyl (C=O) groups excluding carboxylic acids is 1. The highest BCUT2D eigenvalue weighted by Crippen LogP contribution is 2.30. The van der Waals surface area contributed by atoms with E-state index in [0.29, 0.717) is 12.1 Å². The molecule has 0 saturated heterocycles. The van der Waals surface area contributed by atoms with E-state index in [0.717, 1.165) is 22.3 Å². The smallest absolute Gasteiger partial charge is 0.335 e. The third-order valence-corrected chi connectivity index (χ3v) is 3.83. The van der Waals surface area contributed by atoms with Crippen molar-refractivity contribution in [2.75, 3.05) is 7.05 Å². The molecule has 0 atom stereocenters. The standard InChI is InChI=1S/C14H14F3N3OS/c1-20(7-12-19-11(8-22-12)14(15,16)17)13(21)10-4-2-9(6-18)3-5-10/h2-5,8H,6-7,18H2,1H3. The summed E-state index contributed by atoms with van der Waals surface area (Å²) in [6.07, 6.45) is -4.46. The molecule has 2 N–H and O–H groups in total. The lowest BCUT2D eigenvalue weighted by Gasteiger charge is -2.16. The molecule has 0 aliphatic rings. The molecule has 0 bridgehead atoms. The Morgan fingerprint density at radius 3 is 2.45 bits per heavy atom. The molecule has 0 saturated carbocycles. The van der Waals surface area contributed by atoms with Crippen LogP contribution in [0.15, 0.2) is 29.6 Å². The second kappa shape index (κ2) is 6.45. The van der Waals surface area contributed by atoms with E-state index < -0.39 is 11.9 Å². The zero-order valence-electron chi connectivity index (χ0n) is 11.7. The van der Waals surface area contributed by atoms with E-state index >= 15 is 0 Å². The van der Waals surface area contributed by atoms with Gasteiger partial charge in [0.2, 0.25) is 0 Å². The number of nitrogens with two attached hydrogens (primary N) is 1. The molecule has 0 fully saturated rings. The van der Waals surface area contributed by atoms with Crippen LogP contribution in [0.2, 0.25) is 0 Å². The molecule has 0 unspecified atom stereocenters. The molecule has 1 amide bonds. The van der Waals surface area contributed by atoms with Gasteiger partial charge in [-0.15, -0.1) is 11.3 Å². The summed E-state index contributed by atoms with van der Waals surface area (Å²) in [4.78, 5) is 17.0. The van der Waals surface area contributed by atoms with E-state index in [4.69, 9.17) is 5.73 Å². The average Bonchev–Trinajstić information content (AvgIpc) is 2.95. The summed E-state index contributed by atoms with van der Waals surface area (Å²) in [5.74, 6) is -0.285. The lowest BCUT2D eigenvalue weighted by Crippen LogP contribution is -2.26. The highest BCUT2D eigenvalue weighted by atomic mass is 32.1. The summed E-state index contributed by atoms with van der Waals surface area (Å²) in [5.41, 5.74) is 5.90. The van der Waals surface area contributed by atoms with Gasteiger partial charge in [0.05, 0.1) is 6.54 Å². The number of rotatable bonds is 4. The van der Waals surface area contributed by atoms with Crippen LogP contribution in [0.4, 0.5) is 13.2 Å². The SMILES string of the molecule is CN(Cc1nc(C(F)(F)F)cs1)C(=O)c1ccc(CN)cc1. The molecule has 8 heteroatoms. The molecule has 22 heavy (non-hydrogen) atoms. The van der Waals surface area contributed by atoms with Crippen molar-refractivity contribution in [3.05, 3.63) is 51.5 Å². The number of nitrogens with zero attached hydrogens (tertiary/aromatic N) is 2. The predicted molar refractivity (Wildman–Crippen MR) is 77.2 cm³/mol. The van der Waals surface area contributed by atoms with Crippen molar-refractivity contribution in [2.24, 2.45) is 5.73 Å². The van der Waals surface area contributed by atoms with Crippen molar-refractivity contribution in [1.29, 1.82) is 0 Å². The van der Waals surface area contributed by atoms with Crippen LogP contribution in [0.1, 0.15) is 26.6 Å². The molecule has 0 spiro atoms. The van der Waals surface area contributed by atoms with Gasteiger partial charge in [-0.3, -0.25) is 4.79 Å². The van der Waals surface area contributed by atoms with Gasteiger partial charge in [-0.2, -0.15) is 13.2 Å². The molecule has 0 radical (unpaired) electrons. The Bertz CT molecular complexity index is 652. The van der Waals surface area contributed by atoms with E-state index in [1.165, 1.54) is 11.9 Å². The van der Waals surface area contributed by atoms with Crippen LogP contribution in [-0.4, -0.2) is 22.8 Å². The number of benzene rings is 1. The third kappa shape index (κ3) is 3.83. The lowest BCUT2D eigenvalue weighted by molar-refractivity contribution is -0.140. The number of alkyl halides is 3. The van der Waals surface area contributed by atoms with Gasteiger partial charge in [0.25, 0.3) is 5.91 Å². The average molecular weight is 329 g/mol. The van der Waals surface area contributed by atoms with Crippen molar-refractivity contribution in [3.63, 3.8) is 0 Å². The van der Waals surface area contributed by atoms with Gasteiger partial charge in [0, 0.05) is 24.5 Å². The van der Waals surface area contributed by atoms with Gasteiger partial charge in [0.15, 0.2) is 5.69 Å². The number of aromatic nitrogens is 1. The largest absolute Gasteiger partial charge is 0.434 e. The molecule has 1 aromatic carbocycles. The number of hydrogen-bond donors (Lipinski definition) is 1. The van der Waals surface area contributed by atoms with Gasteiger partial charge in [-0.05, 0) is 17.7 Å². The van der Waals surface area contributed by atoms with Crippen LogP contribution in [0, 0.1) is 0 Å². The second-order valence-corrected chi connectivity index (χ2v) is 5.63. The highest BCUT2D eigenvalue weighted by molar-refractivity contribution is 7.09. The van der Waals surface area contributed by atoms with Gasteiger partial charge in [-0.25, -0.2) is 4.98 Å². The van der Waals surface area contributed by atoms with Crippen molar-refractivity contribution < 1.29 is 18.0 Å². The van der Waals surface area contributed by atoms with Crippen LogP contribution < -0.4 is 5.73 Å². The summed E-state index contributed by atoms with van der Waals surface area (Å²) < 4.78 is 37.5. The summed E-state index contributed by atoms with van der Waals surface area (Å²) in [5, 5.41) is 1.19. The van der Waals surface area contributed by atoms with Gasteiger partial charge in [-0.1, -0.05) is 12.1 Å². The van der Waals surface area contributed by atoms with Crippen LogP contribution in [-0.2, 0) is 19.3 Å². The van der Waals surface area contributed by atoms with Crippen molar-refractivity contribution in [3.8, 4) is 0 Å². The Morgan fingerprint density at radius 2 is 1.95 bits per heavy atom. The molecule has 0 aliphatic heterocycles. The first-order valence-corrected chi connectivity index (χ1v) is 7.25. The Labute approximate surface area is 129 Å². The van der Waals surface area contributed by atoms with Crippen molar-refractivity contribution in [2.45, 2.75) is 19.3 Å². The molecule has 0 aliphatic carbocycles. The summed E-state index contributed by atoms with van der Waals surface area (Å²) in [7, 11) is 1.52. The van der Waals surface area contributed by atoms with Crippen molar-refractivity contribution in [1.82, 2.24) is 9.88 Å². The minimum atomic E-state index is -4.46. The van der Waals surface area contributed by atoms with Crippen LogP contribution in [0.25, 0.3) is 0 Å². The van der Waals surface area contributed by atoms with Gasteiger partial charge >= 0.3 is 6.18 Å². The van der Waals surface area contributed by atoms with Crippen molar-refractivity contribution >= 4 is 17.2 Å². The molecule has 4 nitrogen and oxygen atoms in total. The fourth-order valence-electron chi connectivity index (χ4n) is 1.79. The molecule has 1 aromatic heterocycles. The van der Waals surface area contributed by atoms with E-state index in [1.54, 1.807) is 24.3 Å². The second-order valence-electron chi connectivity index (χ2n) is 4.69. The van der Waals surface area contributed by atoms with Crippen LogP contribution in [0.3, 0.4) is 0 Å². The Morgan fingerprint density at radius 1 is 1.32 bits per heavy atom. The summed E-state index contributed by atoms with van der Waals surface area (Å²) in [6, 6.07) is 6.77. The highest BCUT2D eigenvalue weighted by Gasteiger charge is 2.33. The van der Waals surface area contributed by atoms with Gasteiger partial charge in [0.1, 0.15) is 5.01 Å². The zero-order valence-corrected chi connectivity index (χ0v) is 12.5. The normalized spacial score (nSPS) is 11.5. The topological polar surface area (TPSA) is 59.2 Å². The van der Waals surface area contributed by atoms with E-state index in [1.807, 2.05) is 0 Å². The minimum Gasteiger partial charge on any atom is -0.335 e. The first kappa shape index (κ1) is 16.4. The number of hydrogen-bond acceptors (Lipinski definition) is 4. The van der Waals surface area contributed by atoms with E-state index in [-0.39, 0.29) is 17.5 Å². The quantitative estimate of drug-likeness (QED) is 0.938. The number of carbonyl (C=O) groups is 1. The predicted octanol–water partition coefficient (Wildman–Crippen LogP) is 2.89. The number of halogens is 3. The molecule has 2 rings (SSSR count). The fraction of sp³-hybridized carbons (Fsp3) is 0.286. The summed E-state index contributed by atoms with van der Waals surface area (Å²) in [6.45, 7) is 0.405. The maximum Gasteiger partial charge on any atom is 0.434 e. The van der Waals surface area contributed by atoms with E-state index in [9.17, 15) is 18.0 Å². The Balaban J connectivity index is 2.06. The van der Waals surface area contributed by atoms with Gasteiger partial charge < -0.3 is 10.6 Å². The summed E-state index contributed by atoms with van der Waals surface area (Å²) >= 11 is 0.882. The monoisotopic (exact) mass is 329 g/mol. The molecule has 1 heterocycles. The van der Waals surface area contributed by atoms with E-state index in [2.05, 4.69) is 4.98 Å². The van der Waals surface area contributed by atoms with Crippen LogP contribution >= 0.6 is 11.3 Å². The first-order valence-electron chi connectivity index (χ1n) is 6.37. The zero-order chi connectivity index (χ0) is 16.3. The number of thiazole rings is 1. The maximum atomic E-state index is 12.5. The third-order valence-electron chi connectivity index (χ3n) is 3.00. The molecule has 118 valence electrons. The lowest BCUT2D eigenvalue weighted by atomic mass is 10.1. The maximum absolute atomic E-state index is 12.5. The fourth-order valence-corrected chi connectivity index (χ4v) is 2.65.